The van der Waals surface area contributed by atoms with E-state index in [1.165, 1.54) is 36.0 Å². The topological polar surface area (TPSA) is 78.9 Å². The average molecular weight is 587 g/mol. The van der Waals surface area contributed by atoms with E-state index in [2.05, 4.69) is 0 Å². The molecule has 11 heteroatoms. The summed E-state index contributed by atoms with van der Waals surface area (Å²) in [5, 5.41) is 0.357. The SMILES string of the molecule is CCOC(=O)C1(SCC[C@@H]2OCC[C@@]3(S(=O)(=O)c4ccc(Cl)cc4)c4c(F)ccc(F)c4OC[C@@H]23)CCC1. The predicted octanol–water partition coefficient (Wildman–Crippen LogP) is 5.69. The Hall–Kier alpha value is -1.88. The second kappa shape index (κ2) is 10.6. The number of benzene rings is 2. The molecule has 0 N–H and O–H groups in total. The summed E-state index contributed by atoms with van der Waals surface area (Å²) in [4.78, 5) is 12.5. The number of carbonyl (C=O) groups is 1. The Morgan fingerprint density at radius 3 is 2.50 bits per heavy atom. The number of thioether (sulfide) groups is 1. The zero-order valence-electron chi connectivity index (χ0n) is 20.9. The van der Waals surface area contributed by atoms with Gasteiger partial charge in [0.2, 0.25) is 0 Å². The molecule has 2 aliphatic heterocycles. The molecule has 0 amide bonds. The van der Waals surface area contributed by atoms with Gasteiger partial charge in [-0.2, -0.15) is 0 Å². The molecule has 2 aromatic rings. The van der Waals surface area contributed by atoms with Gasteiger partial charge in [0.05, 0.1) is 29.8 Å². The van der Waals surface area contributed by atoms with Crippen LogP contribution in [0, 0.1) is 17.6 Å². The first-order valence-electron chi connectivity index (χ1n) is 12.7. The molecule has 206 valence electrons. The van der Waals surface area contributed by atoms with Crippen molar-refractivity contribution in [1.29, 1.82) is 0 Å². The maximum atomic E-state index is 15.5. The van der Waals surface area contributed by atoms with Gasteiger partial charge in [-0.05, 0) is 81.2 Å². The van der Waals surface area contributed by atoms with E-state index >= 15 is 4.39 Å². The van der Waals surface area contributed by atoms with Crippen LogP contribution in [0.5, 0.6) is 5.75 Å². The van der Waals surface area contributed by atoms with Crippen molar-refractivity contribution in [3.05, 3.63) is 58.6 Å². The molecule has 2 fully saturated rings. The Morgan fingerprint density at radius 2 is 1.84 bits per heavy atom. The van der Waals surface area contributed by atoms with Crippen molar-refractivity contribution in [2.45, 2.75) is 59.5 Å². The number of ether oxygens (including phenoxy) is 3. The highest BCUT2D eigenvalue weighted by atomic mass is 35.5. The van der Waals surface area contributed by atoms with E-state index in [4.69, 9.17) is 25.8 Å². The summed E-state index contributed by atoms with van der Waals surface area (Å²) in [6.07, 6.45) is 2.11. The first kappa shape index (κ1) is 27.7. The van der Waals surface area contributed by atoms with Gasteiger partial charge in [0.15, 0.2) is 21.4 Å². The van der Waals surface area contributed by atoms with Crippen molar-refractivity contribution >= 4 is 39.2 Å². The highest BCUT2D eigenvalue weighted by Crippen LogP contribution is 2.56. The minimum Gasteiger partial charge on any atom is -0.490 e. The summed E-state index contributed by atoms with van der Waals surface area (Å²) < 4.78 is 73.7. The number of halogens is 3. The summed E-state index contributed by atoms with van der Waals surface area (Å²) in [6.45, 7) is 1.96. The lowest BCUT2D eigenvalue weighted by Crippen LogP contribution is -2.57. The van der Waals surface area contributed by atoms with Crippen LogP contribution in [0.2, 0.25) is 5.02 Å². The molecule has 3 aliphatic rings. The summed E-state index contributed by atoms with van der Waals surface area (Å²) in [7, 11) is -4.26. The molecule has 0 aromatic heterocycles. The Kier molecular flexibility index (Phi) is 7.72. The molecule has 3 atom stereocenters. The van der Waals surface area contributed by atoms with E-state index in [-0.39, 0.29) is 41.8 Å². The molecule has 0 spiro atoms. The quantitative estimate of drug-likeness (QED) is 0.368. The summed E-state index contributed by atoms with van der Waals surface area (Å²) in [5.41, 5.74) is -0.286. The number of hydrogen-bond acceptors (Lipinski definition) is 7. The van der Waals surface area contributed by atoms with Crippen molar-refractivity contribution in [2.24, 2.45) is 5.92 Å². The number of carbonyl (C=O) groups excluding carboxylic acids is 1. The molecule has 2 aromatic carbocycles. The molecule has 1 saturated heterocycles. The zero-order chi connectivity index (χ0) is 27.1. The van der Waals surface area contributed by atoms with Gasteiger partial charge in [-0.15, -0.1) is 11.8 Å². The third-order valence-corrected chi connectivity index (χ3v) is 12.3. The maximum Gasteiger partial charge on any atom is 0.322 e. The van der Waals surface area contributed by atoms with Crippen LogP contribution in [0.25, 0.3) is 0 Å². The van der Waals surface area contributed by atoms with Crippen LogP contribution in [0.1, 0.15) is 44.6 Å². The lowest BCUT2D eigenvalue weighted by atomic mass is 9.75. The first-order valence-corrected chi connectivity index (χ1v) is 15.6. The third kappa shape index (κ3) is 4.41. The number of sulfone groups is 1. The molecule has 5 rings (SSSR count). The average Bonchev–Trinajstić information content (AvgIpc) is 2.87. The van der Waals surface area contributed by atoms with Gasteiger partial charge >= 0.3 is 5.97 Å². The fraction of sp³-hybridized carbons (Fsp3) is 0.519. The highest BCUT2D eigenvalue weighted by Gasteiger charge is 2.61. The smallest absolute Gasteiger partial charge is 0.322 e. The summed E-state index contributed by atoms with van der Waals surface area (Å²) in [5.74, 6) is -2.55. The number of rotatable bonds is 8. The van der Waals surface area contributed by atoms with Crippen molar-refractivity contribution in [1.82, 2.24) is 0 Å². The molecule has 0 radical (unpaired) electrons. The number of hydrogen-bond donors (Lipinski definition) is 0. The Labute approximate surface area is 230 Å². The molecule has 1 aliphatic carbocycles. The monoisotopic (exact) mass is 586 g/mol. The molecule has 2 heterocycles. The third-order valence-electron chi connectivity index (χ3n) is 7.94. The number of fused-ring (bicyclic) bond motifs is 3. The second-order valence-corrected chi connectivity index (χ2v) is 14.0. The van der Waals surface area contributed by atoms with Crippen LogP contribution in [0.3, 0.4) is 0 Å². The molecule has 6 nitrogen and oxygen atoms in total. The molecule has 38 heavy (non-hydrogen) atoms. The van der Waals surface area contributed by atoms with Crippen molar-refractivity contribution < 1.29 is 36.2 Å². The molecular weight excluding hydrogens is 558 g/mol. The van der Waals surface area contributed by atoms with Crippen LogP contribution in [0.15, 0.2) is 41.3 Å². The first-order chi connectivity index (χ1) is 18.2. The lowest BCUT2D eigenvalue weighted by molar-refractivity contribution is -0.148. The van der Waals surface area contributed by atoms with Crippen LogP contribution in [-0.2, 0) is 28.9 Å². The van der Waals surface area contributed by atoms with E-state index in [1.54, 1.807) is 6.92 Å². The van der Waals surface area contributed by atoms with Crippen molar-refractivity contribution in [2.75, 3.05) is 25.6 Å². The van der Waals surface area contributed by atoms with Crippen LogP contribution < -0.4 is 4.74 Å². The fourth-order valence-corrected chi connectivity index (χ4v) is 9.84. The van der Waals surface area contributed by atoms with E-state index in [0.717, 1.165) is 31.4 Å². The van der Waals surface area contributed by atoms with Gasteiger partial charge in [-0.3, -0.25) is 4.79 Å². The Bertz CT molecular complexity index is 1320. The van der Waals surface area contributed by atoms with Gasteiger partial charge in [0.1, 0.15) is 15.3 Å². The van der Waals surface area contributed by atoms with Gasteiger partial charge in [0.25, 0.3) is 0 Å². The Morgan fingerprint density at radius 1 is 1.13 bits per heavy atom. The maximum absolute atomic E-state index is 15.5. The van der Waals surface area contributed by atoms with Crippen LogP contribution in [0.4, 0.5) is 8.78 Å². The van der Waals surface area contributed by atoms with E-state index in [1.807, 2.05) is 0 Å². The van der Waals surface area contributed by atoms with E-state index in [0.29, 0.717) is 23.8 Å². The van der Waals surface area contributed by atoms with Gasteiger partial charge < -0.3 is 14.2 Å². The standard InChI is InChI=1S/C27H29ClF2O6S2/c1-2-34-25(31)26(11-3-12-26)37-15-10-22-19-16-36-24-21(30)9-8-20(29)23(24)27(19,13-14-35-22)38(32,33)18-6-4-17(28)5-7-18/h4-9,19,22H,2-3,10-16H2,1H3/t19-,22-,27-/m0/s1. The van der Waals surface area contributed by atoms with Crippen LogP contribution >= 0.6 is 23.4 Å². The largest absolute Gasteiger partial charge is 0.490 e. The minimum absolute atomic E-state index is 0.0332. The van der Waals surface area contributed by atoms with Crippen molar-refractivity contribution in [3.63, 3.8) is 0 Å². The van der Waals surface area contributed by atoms with Crippen molar-refractivity contribution in [3.8, 4) is 5.75 Å². The van der Waals surface area contributed by atoms with Crippen LogP contribution in [-0.4, -0.2) is 50.8 Å². The minimum atomic E-state index is -4.26. The molecule has 0 bridgehead atoms. The molecule has 1 saturated carbocycles. The molecular formula is C27H29ClF2O6S2. The van der Waals surface area contributed by atoms with Gasteiger partial charge in [-0.25, -0.2) is 17.2 Å². The van der Waals surface area contributed by atoms with E-state index in [9.17, 15) is 17.6 Å². The van der Waals surface area contributed by atoms with Gasteiger partial charge in [0, 0.05) is 17.5 Å². The normalized spacial score (nSPS) is 25.9. The zero-order valence-corrected chi connectivity index (χ0v) is 23.3. The summed E-state index contributed by atoms with van der Waals surface area (Å²) in [6, 6.07) is 7.58. The van der Waals surface area contributed by atoms with Gasteiger partial charge in [-0.1, -0.05) is 11.6 Å². The number of esters is 1. The lowest BCUT2D eigenvalue weighted by Gasteiger charge is -2.50. The summed E-state index contributed by atoms with van der Waals surface area (Å²) >= 11 is 7.50. The fourth-order valence-electron chi connectivity index (χ4n) is 5.87. The Balaban J connectivity index is 1.51. The van der Waals surface area contributed by atoms with E-state index < -0.39 is 43.0 Å². The molecule has 0 unspecified atom stereocenters. The second-order valence-electron chi connectivity index (χ2n) is 9.86. The predicted molar refractivity (Wildman–Crippen MR) is 140 cm³/mol. The highest BCUT2D eigenvalue weighted by molar-refractivity contribution is 8.01.